The van der Waals surface area contributed by atoms with E-state index in [1.165, 1.54) is 0 Å². The van der Waals surface area contributed by atoms with Crippen LogP contribution in [0.2, 0.25) is 5.02 Å². The Bertz CT molecular complexity index is 710. The molecule has 1 aliphatic heterocycles. The number of rotatable bonds is 5. The molecule has 1 aromatic carbocycles. The third-order valence-corrected chi connectivity index (χ3v) is 6.54. The van der Waals surface area contributed by atoms with Gasteiger partial charge in [-0.1, -0.05) is 29.8 Å². The molecule has 5 nitrogen and oxygen atoms in total. The first-order valence-corrected chi connectivity index (χ1v) is 10.0. The van der Waals surface area contributed by atoms with Crippen LogP contribution >= 0.6 is 23.4 Å². The summed E-state index contributed by atoms with van der Waals surface area (Å²) in [5, 5.41) is 6.91. The first kappa shape index (κ1) is 19.3. The predicted molar refractivity (Wildman–Crippen MR) is 105 cm³/mol. The summed E-state index contributed by atoms with van der Waals surface area (Å²) in [4.78, 5) is 25.4. The minimum Gasteiger partial charge on any atom is -0.383 e. The van der Waals surface area contributed by atoms with Gasteiger partial charge in [0.2, 0.25) is 5.91 Å². The van der Waals surface area contributed by atoms with Gasteiger partial charge < -0.3 is 15.4 Å². The van der Waals surface area contributed by atoms with E-state index in [1.54, 1.807) is 18.9 Å². The normalized spacial score (nSPS) is 26.9. The van der Waals surface area contributed by atoms with Crippen LogP contribution in [0.5, 0.6) is 0 Å². The number of hydrogen-bond donors (Lipinski definition) is 2. The highest BCUT2D eigenvalue weighted by Gasteiger charge is 2.39. The van der Waals surface area contributed by atoms with E-state index in [1.807, 2.05) is 30.3 Å². The first-order chi connectivity index (χ1) is 12.6. The molecule has 1 aliphatic carbocycles. The van der Waals surface area contributed by atoms with Gasteiger partial charge in [0, 0.05) is 35.9 Å². The molecule has 1 heterocycles. The molecule has 0 aromatic heterocycles. The van der Waals surface area contributed by atoms with E-state index in [4.69, 9.17) is 16.3 Å². The lowest BCUT2D eigenvalue weighted by molar-refractivity contribution is -0.127. The van der Waals surface area contributed by atoms with Crippen LogP contribution in [-0.2, 0) is 14.3 Å². The van der Waals surface area contributed by atoms with Crippen molar-refractivity contribution in [3.8, 4) is 0 Å². The summed E-state index contributed by atoms with van der Waals surface area (Å²) in [5.41, 5.74) is 0.844. The van der Waals surface area contributed by atoms with Gasteiger partial charge in [-0.3, -0.25) is 9.59 Å². The van der Waals surface area contributed by atoms with Crippen LogP contribution in [0.25, 0.3) is 6.08 Å². The molecule has 2 fully saturated rings. The fourth-order valence-corrected chi connectivity index (χ4v) is 4.86. The maximum atomic E-state index is 12.5. The lowest BCUT2D eigenvalue weighted by Crippen LogP contribution is -2.51. The monoisotopic (exact) mass is 394 g/mol. The van der Waals surface area contributed by atoms with Crippen LogP contribution in [-0.4, -0.2) is 43.4 Å². The van der Waals surface area contributed by atoms with Gasteiger partial charge in [-0.15, -0.1) is 11.8 Å². The van der Waals surface area contributed by atoms with Gasteiger partial charge in [-0.25, -0.2) is 0 Å². The number of ether oxygens (including phenoxy) is 1. The van der Waals surface area contributed by atoms with Crippen molar-refractivity contribution in [2.45, 2.75) is 30.6 Å². The molecular weight excluding hydrogens is 372 g/mol. The highest BCUT2D eigenvalue weighted by Crippen LogP contribution is 2.40. The number of carbonyl (C=O) groups is 2. The summed E-state index contributed by atoms with van der Waals surface area (Å²) in [5.74, 6) is -0.0862. The van der Waals surface area contributed by atoms with Gasteiger partial charge in [0.15, 0.2) is 0 Å². The Labute approximate surface area is 162 Å². The quantitative estimate of drug-likeness (QED) is 0.595. The molecule has 2 amide bonds. The molecule has 0 spiro atoms. The standard InChI is InChI=1S/C19H23ClN2O3S/c1-25-9-8-21-18(23)13-6-7-16-15(10-13)22-19(24)17(26-16)11-12-4-2-3-5-14(12)20/h2-5,11,13,15-16H,6-10H2,1H3,(H,21,23)(H,22,24)/b17-11+. The summed E-state index contributed by atoms with van der Waals surface area (Å²) in [6, 6.07) is 7.52. The van der Waals surface area contributed by atoms with Gasteiger partial charge in [-0.2, -0.15) is 0 Å². The van der Waals surface area contributed by atoms with Crippen molar-refractivity contribution in [2.24, 2.45) is 5.92 Å². The summed E-state index contributed by atoms with van der Waals surface area (Å²) in [6.07, 6.45) is 4.27. The number of nitrogens with one attached hydrogen (secondary N) is 2. The molecule has 2 N–H and O–H groups in total. The SMILES string of the molecule is COCCNC(=O)C1CCC2S/C(=C/c3ccccc3Cl)C(=O)NC2C1. The molecule has 140 valence electrons. The highest BCUT2D eigenvalue weighted by molar-refractivity contribution is 8.04. The Morgan fingerprint density at radius 3 is 3.00 bits per heavy atom. The molecule has 3 rings (SSSR count). The Morgan fingerprint density at radius 1 is 1.42 bits per heavy atom. The molecule has 2 aliphatic rings. The van der Waals surface area contributed by atoms with Crippen LogP contribution in [0.1, 0.15) is 24.8 Å². The largest absolute Gasteiger partial charge is 0.383 e. The number of carbonyl (C=O) groups excluding carboxylic acids is 2. The lowest BCUT2D eigenvalue weighted by atomic mass is 9.84. The third kappa shape index (κ3) is 4.61. The number of fused-ring (bicyclic) bond motifs is 1. The van der Waals surface area contributed by atoms with Crippen molar-refractivity contribution in [1.29, 1.82) is 0 Å². The van der Waals surface area contributed by atoms with E-state index in [0.717, 1.165) is 18.4 Å². The second-order valence-corrected chi connectivity index (χ2v) is 8.25. The summed E-state index contributed by atoms with van der Waals surface area (Å²) < 4.78 is 4.96. The van der Waals surface area contributed by atoms with Crippen LogP contribution in [0.3, 0.4) is 0 Å². The molecule has 1 saturated carbocycles. The molecule has 1 aromatic rings. The van der Waals surface area contributed by atoms with Gasteiger partial charge in [-0.05, 0) is 37.0 Å². The minimum atomic E-state index is -0.0865. The van der Waals surface area contributed by atoms with Crippen LogP contribution in [0, 0.1) is 5.92 Å². The second-order valence-electron chi connectivity index (χ2n) is 6.56. The molecule has 7 heteroatoms. The topological polar surface area (TPSA) is 67.4 Å². The molecular formula is C19H23ClN2O3S. The van der Waals surface area contributed by atoms with E-state index >= 15 is 0 Å². The predicted octanol–water partition coefficient (Wildman–Crippen LogP) is 2.84. The second kappa shape index (κ2) is 8.93. The van der Waals surface area contributed by atoms with Gasteiger partial charge in [0.1, 0.15) is 0 Å². The Hall–Kier alpha value is -1.50. The Balaban J connectivity index is 1.62. The zero-order valence-corrected chi connectivity index (χ0v) is 16.2. The number of hydrogen-bond acceptors (Lipinski definition) is 4. The van der Waals surface area contributed by atoms with E-state index < -0.39 is 0 Å². The fourth-order valence-electron chi connectivity index (χ4n) is 3.38. The smallest absolute Gasteiger partial charge is 0.257 e. The van der Waals surface area contributed by atoms with Crippen LogP contribution in [0.15, 0.2) is 29.2 Å². The van der Waals surface area contributed by atoms with E-state index in [0.29, 0.717) is 34.8 Å². The average molecular weight is 395 g/mol. The number of amides is 2. The van der Waals surface area contributed by atoms with Crippen molar-refractivity contribution in [3.05, 3.63) is 39.8 Å². The van der Waals surface area contributed by atoms with Crippen LogP contribution < -0.4 is 10.6 Å². The van der Waals surface area contributed by atoms with Crippen molar-refractivity contribution < 1.29 is 14.3 Å². The molecule has 0 radical (unpaired) electrons. The highest BCUT2D eigenvalue weighted by atomic mass is 35.5. The number of methoxy groups -OCH3 is 1. The fraction of sp³-hybridized carbons (Fsp3) is 0.474. The van der Waals surface area contributed by atoms with Crippen molar-refractivity contribution in [1.82, 2.24) is 10.6 Å². The maximum absolute atomic E-state index is 12.5. The molecule has 1 saturated heterocycles. The lowest BCUT2D eigenvalue weighted by Gasteiger charge is -2.39. The average Bonchev–Trinajstić information content (AvgIpc) is 2.64. The van der Waals surface area contributed by atoms with E-state index in [9.17, 15) is 9.59 Å². The van der Waals surface area contributed by atoms with Crippen molar-refractivity contribution in [3.63, 3.8) is 0 Å². The molecule has 3 atom stereocenters. The Kier molecular flexibility index (Phi) is 6.62. The van der Waals surface area contributed by atoms with Gasteiger partial charge in [0.05, 0.1) is 11.5 Å². The van der Waals surface area contributed by atoms with Gasteiger partial charge >= 0.3 is 0 Å². The van der Waals surface area contributed by atoms with Crippen molar-refractivity contribution in [2.75, 3.05) is 20.3 Å². The van der Waals surface area contributed by atoms with Crippen LogP contribution in [0.4, 0.5) is 0 Å². The summed E-state index contributed by atoms with van der Waals surface area (Å²) in [7, 11) is 1.61. The zero-order valence-electron chi connectivity index (χ0n) is 14.7. The molecule has 26 heavy (non-hydrogen) atoms. The Morgan fingerprint density at radius 2 is 2.23 bits per heavy atom. The third-order valence-electron chi connectivity index (χ3n) is 4.77. The maximum Gasteiger partial charge on any atom is 0.257 e. The van der Waals surface area contributed by atoms with Gasteiger partial charge in [0.25, 0.3) is 5.91 Å². The minimum absolute atomic E-state index is 0.0304. The number of thioether (sulfide) groups is 1. The van der Waals surface area contributed by atoms with E-state index in [-0.39, 0.29) is 23.8 Å². The zero-order chi connectivity index (χ0) is 18.5. The first-order valence-electron chi connectivity index (χ1n) is 8.79. The number of benzene rings is 1. The molecule has 3 unspecified atom stereocenters. The molecule has 0 bridgehead atoms. The number of halogens is 1. The summed E-state index contributed by atoms with van der Waals surface area (Å²) in [6.45, 7) is 1.03. The van der Waals surface area contributed by atoms with E-state index in [2.05, 4.69) is 10.6 Å². The summed E-state index contributed by atoms with van der Waals surface area (Å²) >= 11 is 7.80. The van der Waals surface area contributed by atoms with Crippen molar-refractivity contribution >= 4 is 41.3 Å².